The summed E-state index contributed by atoms with van der Waals surface area (Å²) in [5, 5.41) is 14.6. The molecule has 0 atom stereocenters. The molecule has 1 saturated carbocycles. The first-order valence-corrected chi connectivity index (χ1v) is 13.8. The number of benzene rings is 2. The Kier molecular flexibility index (Phi) is 6.68. The third-order valence-corrected chi connectivity index (χ3v) is 8.69. The number of carbonyl (C=O) groups excluding carboxylic acids is 1. The summed E-state index contributed by atoms with van der Waals surface area (Å²) in [6, 6.07) is 8.56. The molecular weight excluding hydrogens is 500 g/mol. The van der Waals surface area contributed by atoms with Crippen LogP contribution >= 0.6 is 11.8 Å². The number of amides is 1. The SMILES string of the molecule is CSc1ccc(C(=O)Nc2cc(N)c([N+](=O)[O-])c(N3CCC(F)(F)CC3)c2)c(N2CCC3(CC2)CC3)c1. The van der Waals surface area contributed by atoms with Crippen molar-refractivity contribution in [3.8, 4) is 0 Å². The molecule has 3 aliphatic rings. The molecule has 2 aromatic rings. The second-order valence-corrected chi connectivity index (χ2v) is 11.2. The fourth-order valence-electron chi connectivity index (χ4n) is 5.42. The number of carbonyl (C=O) groups is 1. The van der Waals surface area contributed by atoms with Crippen molar-refractivity contribution in [3.63, 3.8) is 0 Å². The van der Waals surface area contributed by atoms with Gasteiger partial charge in [0.25, 0.3) is 11.8 Å². The maximum absolute atomic E-state index is 13.7. The van der Waals surface area contributed by atoms with Crippen LogP contribution in [0.4, 0.5) is 37.2 Å². The minimum Gasteiger partial charge on any atom is -0.393 e. The Bertz CT molecular complexity index is 1220. The van der Waals surface area contributed by atoms with Gasteiger partial charge < -0.3 is 20.9 Å². The van der Waals surface area contributed by atoms with Gasteiger partial charge >= 0.3 is 5.69 Å². The van der Waals surface area contributed by atoms with Crippen LogP contribution in [0.3, 0.4) is 0 Å². The average Bonchev–Trinajstić information content (AvgIpc) is 3.62. The van der Waals surface area contributed by atoms with Crippen molar-refractivity contribution in [2.75, 3.05) is 53.3 Å². The van der Waals surface area contributed by atoms with Crippen molar-refractivity contribution in [2.45, 2.75) is 49.3 Å². The Morgan fingerprint density at radius 1 is 1.00 bits per heavy atom. The number of hydrogen-bond acceptors (Lipinski definition) is 7. The summed E-state index contributed by atoms with van der Waals surface area (Å²) in [6.45, 7) is 1.71. The molecule has 2 saturated heterocycles. The van der Waals surface area contributed by atoms with E-state index >= 15 is 0 Å². The molecule has 5 rings (SSSR count). The van der Waals surface area contributed by atoms with Gasteiger partial charge in [-0.05, 0) is 67.7 Å². The number of nitrogen functional groups attached to an aromatic ring is 1. The normalized spacial score (nSPS) is 20.1. The molecule has 37 heavy (non-hydrogen) atoms. The summed E-state index contributed by atoms with van der Waals surface area (Å²) in [5.74, 6) is -3.14. The fourth-order valence-corrected chi connectivity index (χ4v) is 5.85. The summed E-state index contributed by atoms with van der Waals surface area (Å²) in [5.41, 5.74) is 7.88. The van der Waals surface area contributed by atoms with Crippen molar-refractivity contribution in [1.29, 1.82) is 0 Å². The first kappa shape index (κ1) is 25.6. The molecule has 2 aliphatic heterocycles. The number of anilines is 4. The van der Waals surface area contributed by atoms with E-state index in [-0.39, 0.29) is 41.7 Å². The van der Waals surface area contributed by atoms with Crippen LogP contribution in [0, 0.1) is 15.5 Å². The predicted octanol–water partition coefficient (Wildman–Crippen LogP) is 5.77. The van der Waals surface area contributed by atoms with Gasteiger partial charge in [0, 0.05) is 49.6 Å². The van der Waals surface area contributed by atoms with E-state index in [1.165, 1.54) is 25.0 Å². The molecule has 3 fully saturated rings. The zero-order valence-electron chi connectivity index (χ0n) is 20.8. The van der Waals surface area contributed by atoms with Gasteiger partial charge in [0.15, 0.2) is 0 Å². The molecule has 0 bridgehead atoms. The number of rotatable bonds is 6. The van der Waals surface area contributed by atoms with Crippen LogP contribution < -0.4 is 20.9 Å². The maximum Gasteiger partial charge on any atom is 0.315 e. The highest BCUT2D eigenvalue weighted by atomic mass is 32.2. The minimum absolute atomic E-state index is 0.0403. The molecule has 0 unspecified atom stereocenters. The average molecular weight is 532 g/mol. The van der Waals surface area contributed by atoms with Gasteiger partial charge in [0.2, 0.25) is 0 Å². The van der Waals surface area contributed by atoms with Crippen LogP contribution in [0.15, 0.2) is 35.2 Å². The summed E-state index contributed by atoms with van der Waals surface area (Å²) >= 11 is 1.61. The summed E-state index contributed by atoms with van der Waals surface area (Å²) in [7, 11) is 0. The van der Waals surface area contributed by atoms with Crippen molar-refractivity contribution in [2.24, 2.45) is 5.41 Å². The van der Waals surface area contributed by atoms with Gasteiger partial charge in [0.1, 0.15) is 11.4 Å². The number of nitrogens with zero attached hydrogens (tertiary/aromatic N) is 3. The number of nitrogens with two attached hydrogens (primary N) is 1. The standard InChI is InChI=1S/C26H31F2N5O3S/c1-37-18-2-3-19(21(16-18)31-10-6-25(4-5-25)7-11-31)24(34)30-17-14-20(29)23(33(35)36)22(15-17)32-12-8-26(27,28)9-13-32/h2-3,14-16H,4-13,29H2,1H3,(H,30,34). The van der Waals surface area contributed by atoms with Gasteiger partial charge in [-0.2, -0.15) is 0 Å². The molecule has 1 aliphatic carbocycles. The van der Waals surface area contributed by atoms with Crippen molar-refractivity contribution < 1.29 is 18.5 Å². The topological polar surface area (TPSA) is 105 Å². The van der Waals surface area contributed by atoms with Crippen LogP contribution in [-0.4, -0.2) is 49.2 Å². The first-order valence-electron chi connectivity index (χ1n) is 12.5. The molecule has 198 valence electrons. The Labute approximate surface area is 218 Å². The van der Waals surface area contributed by atoms with E-state index in [9.17, 15) is 23.7 Å². The highest BCUT2D eigenvalue weighted by Crippen LogP contribution is 2.54. The number of nitro benzene ring substituents is 1. The number of nitrogens with one attached hydrogen (secondary N) is 1. The van der Waals surface area contributed by atoms with Crippen molar-refractivity contribution in [3.05, 3.63) is 46.0 Å². The summed E-state index contributed by atoms with van der Waals surface area (Å²) < 4.78 is 27.4. The van der Waals surface area contributed by atoms with Gasteiger partial charge in [-0.3, -0.25) is 14.9 Å². The number of nitro groups is 1. The van der Waals surface area contributed by atoms with Crippen LogP contribution in [0.25, 0.3) is 0 Å². The zero-order chi connectivity index (χ0) is 26.4. The largest absolute Gasteiger partial charge is 0.393 e. The molecular formula is C26H31F2N5O3S. The number of piperidine rings is 2. The monoisotopic (exact) mass is 531 g/mol. The molecule has 1 spiro atoms. The smallest absolute Gasteiger partial charge is 0.315 e. The molecule has 2 heterocycles. The predicted molar refractivity (Wildman–Crippen MR) is 143 cm³/mol. The molecule has 1 amide bonds. The van der Waals surface area contributed by atoms with Gasteiger partial charge in [-0.15, -0.1) is 11.8 Å². The lowest BCUT2D eigenvalue weighted by molar-refractivity contribution is -0.383. The van der Waals surface area contributed by atoms with E-state index in [0.29, 0.717) is 11.0 Å². The highest BCUT2D eigenvalue weighted by Gasteiger charge is 2.44. The Balaban J connectivity index is 1.42. The van der Waals surface area contributed by atoms with Crippen LogP contribution in [0.2, 0.25) is 0 Å². The molecule has 8 nitrogen and oxygen atoms in total. The van der Waals surface area contributed by atoms with E-state index in [1.807, 2.05) is 18.4 Å². The third-order valence-electron chi connectivity index (χ3n) is 7.97. The van der Waals surface area contributed by atoms with Crippen molar-refractivity contribution >= 4 is 46.1 Å². The zero-order valence-corrected chi connectivity index (χ0v) is 21.6. The Morgan fingerprint density at radius 3 is 2.22 bits per heavy atom. The Morgan fingerprint density at radius 2 is 1.62 bits per heavy atom. The maximum atomic E-state index is 13.7. The summed E-state index contributed by atoms with van der Waals surface area (Å²) in [4.78, 5) is 29.5. The van der Waals surface area contributed by atoms with E-state index < -0.39 is 23.7 Å². The van der Waals surface area contributed by atoms with Crippen LogP contribution in [0.5, 0.6) is 0 Å². The van der Waals surface area contributed by atoms with E-state index in [2.05, 4.69) is 10.2 Å². The second-order valence-electron chi connectivity index (χ2n) is 10.4. The lowest BCUT2D eigenvalue weighted by atomic mass is 9.93. The number of alkyl halides is 2. The first-order chi connectivity index (χ1) is 17.6. The van der Waals surface area contributed by atoms with E-state index in [1.54, 1.807) is 22.7 Å². The molecule has 0 radical (unpaired) electrons. The number of hydrogen-bond donors (Lipinski definition) is 2. The summed E-state index contributed by atoms with van der Waals surface area (Å²) in [6.07, 6.45) is 6.01. The van der Waals surface area contributed by atoms with E-state index in [0.717, 1.165) is 36.5 Å². The van der Waals surface area contributed by atoms with Gasteiger partial charge in [0.05, 0.1) is 16.2 Å². The molecule has 2 aromatic carbocycles. The third kappa shape index (κ3) is 5.32. The Hall–Kier alpha value is -3.08. The number of thioether (sulfide) groups is 1. The highest BCUT2D eigenvalue weighted by molar-refractivity contribution is 7.98. The van der Waals surface area contributed by atoms with Crippen LogP contribution in [0.1, 0.15) is 48.9 Å². The van der Waals surface area contributed by atoms with E-state index in [4.69, 9.17) is 5.73 Å². The minimum atomic E-state index is -2.80. The van der Waals surface area contributed by atoms with Gasteiger partial charge in [-0.25, -0.2) is 8.78 Å². The molecule has 0 aromatic heterocycles. The molecule has 11 heteroatoms. The second kappa shape index (κ2) is 9.66. The molecule has 3 N–H and O–H groups in total. The quantitative estimate of drug-likeness (QED) is 0.211. The number of halogens is 2. The van der Waals surface area contributed by atoms with Gasteiger partial charge in [-0.1, -0.05) is 0 Å². The fraction of sp³-hybridized carbons (Fsp3) is 0.500. The van der Waals surface area contributed by atoms with Crippen LogP contribution in [-0.2, 0) is 0 Å². The lowest BCUT2D eigenvalue weighted by Gasteiger charge is -2.35. The van der Waals surface area contributed by atoms with Crippen molar-refractivity contribution in [1.82, 2.24) is 0 Å². The lowest BCUT2D eigenvalue weighted by Crippen LogP contribution is -2.39.